The van der Waals surface area contributed by atoms with Gasteiger partial charge in [-0.2, -0.15) is 0 Å². The van der Waals surface area contributed by atoms with E-state index in [0.29, 0.717) is 11.4 Å². The molecule has 8 nitrogen and oxygen atoms in total. The second-order valence-corrected chi connectivity index (χ2v) is 4.03. The average Bonchev–Trinajstić information content (AvgIpc) is 2.45. The van der Waals surface area contributed by atoms with Gasteiger partial charge in [0.15, 0.2) is 0 Å². The molecule has 8 heteroatoms. The van der Waals surface area contributed by atoms with E-state index in [1.807, 2.05) is 0 Å². The maximum atomic E-state index is 11.4. The van der Waals surface area contributed by atoms with E-state index >= 15 is 0 Å². The first-order valence-electron chi connectivity index (χ1n) is 6.04. The Labute approximate surface area is 125 Å². The number of nitrogens with one attached hydrogen (secondary N) is 2. The Kier molecular flexibility index (Phi) is 6.05. The monoisotopic (exact) mass is 302 g/mol. The lowest BCUT2D eigenvalue weighted by Gasteiger charge is -2.05. The summed E-state index contributed by atoms with van der Waals surface area (Å²) in [7, 11) is 0. The van der Waals surface area contributed by atoms with E-state index in [1.54, 1.807) is 24.3 Å². The third kappa shape index (κ3) is 6.66. The maximum absolute atomic E-state index is 11.4. The van der Waals surface area contributed by atoms with Gasteiger partial charge < -0.3 is 22.1 Å². The Bertz CT molecular complexity index is 590. The molecule has 0 aromatic heterocycles. The van der Waals surface area contributed by atoms with E-state index in [0.717, 1.165) is 24.3 Å². The predicted octanol–water partition coefficient (Wildman–Crippen LogP) is -0.353. The summed E-state index contributed by atoms with van der Waals surface area (Å²) >= 11 is 0. The van der Waals surface area contributed by atoms with Gasteiger partial charge in [-0.3, -0.25) is 19.2 Å². The van der Waals surface area contributed by atoms with Crippen molar-refractivity contribution in [3.8, 4) is 0 Å². The van der Waals surface area contributed by atoms with Crippen LogP contribution in [0.1, 0.15) is 0 Å². The molecule has 4 amide bonds. The van der Waals surface area contributed by atoms with Crippen molar-refractivity contribution in [1.29, 1.82) is 0 Å². The molecular formula is C14H14N4O4. The first kappa shape index (κ1) is 16.6. The van der Waals surface area contributed by atoms with E-state index < -0.39 is 23.6 Å². The van der Waals surface area contributed by atoms with E-state index in [4.69, 9.17) is 11.5 Å². The van der Waals surface area contributed by atoms with Crippen molar-refractivity contribution in [2.24, 2.45) is 11.5 Å². The molecule has 0 saturated carbocycles. The van der Waals surface area contributed by atoms with Crippen molar-refractivity contribution in [3.63, 3.8) is 0 Å². The Morgan fingerprint density at radius 2 is 1.00 bits per heavy atom. The van der Waals surface area contributed by atoms with Gasteiger partial charge in [-0.05, 0) is 24.3 Å². The fourth-order valence-corrected chi connectivity index (χ4v) is 1.32. The number of amides is 4. The minimum atomic E-state index is -0.725. The van der Waals surface area contributed by atoms with E-state index in [1.165, 1.54) is 0 Å². The summed E-state index contributed by atoms with van der Waals surface area (Å²) in [4.78, 5) is 43.8. The third-order valence-electron chi connectivity index (χ3n) is 2.22. The molecule has 0 aliphatic heterocycles. The fourth-order valence-electron chi connectivity index (χ4n) is 1.32. The van der Waals surface area contributed by atoms with E-state index in [9.17, 15) is 19.2 Å². The van der Waals surface area contributed by atoms with Gasteiger partial charge in [0.05, 0.1) is 0 Å². The van der Waals surface area contributed by atoms with E-state index in [-0.39, 0.29) is 0 Å². The van der Waals surface area contributed by atoms with Crippen molar-refractivity contribution in [1.82, 2.24) is 0 Å². The second kappa shape index (κ2) is 8.00. The van der Waals surface area contributed by atoms with Gasteiger partial charge in [-0.15, -0.1) is 0 Å². The molecule has 0 saturated heterocycles. The molecule has 0 radical (unpaired) electrons. The van der Waals surface area contributed by atoms with Gasteiger partial charge in [0.2, 0.25) is 23.6 Å². The van der Waals surface area contributed by atoms with Gasteiger partial charge >= 0.3 is 0 Å². The van der Waals surface area contributed by atoms with Crippen LogP contribution in [0.3, 0.4) is 0 Å². The zero-order valence-electron chi connectivity index (χ0n) is 11.4. The van der Waals surface area contributed by atoms with Crippen LogP contribution >= 0.6 is 0 Å². The van der Waals surface area contributed by atoms with Crippen LogP contribution in [0.4, 0.5) is 11.4 Å². The summed E-state index contributed by atoms with van der Waals surface area (Å²) in [6, 6.07) is 6.18. The minimum Gasteiger partial charge on any atom is -0.366 e. The summed E-state index contributed by atoms with van der Waals surface area (Å²) in [6.07, 6.45) is 3.89. The van der Waals surface area contributed by atoms with E-state index in [2.05, 4.69) is 10.6 Å². The van der Waals surface area contributed by atoms with Gasteiger partial charge in [-0.1, -0.05) is 0 Å². The lowest BCUT2D eigenvalue weighted by Crippen LogP contribution is -2.12. The summed E-state index contributed by atoms with van der Waals surface area (Å²) in [5, 5.41) is 4.99. The van der Waals surface area contributed by atoms with Crippen molar-refractivity contribution in [2.45, 2.75) is 0 Å². The highest BCUT2D eigenvalue weighted by Gasteiger charge is 2.01. The third-order valence-corrected chi connectivity index (χ3v) is 2.22. The molecule has 0 unspecified atom stereocenters. The van der Waals surface area contributed by atoms with Gasteiger partial charge in [-0.25, -0.2) is 0 Å². The van der Waals surface area contributed by atoms with Crippen molar-refractivity contribution in [3.05, 3.63) is 48.6 Å². The van der Waals surface area contributed by atoms with Gasteiger partial charge in [0, 0.05) is 35.7 Å². The van der Waals surface area contributed by atoms with Crippen LogP contribution in [0, 0.1) is 0 Å². The molecule has 0 fully saturated rings. The van der Waals surface area contributed by atoms with Crippen LogP contribution in [-0.4, -0.2) is 23.6 Å². The molecule has 0 heterocycles. The largest absolute Gasteiger partial charge is 0.366 e. The quantitative estimate of drug-likeness (QED) is 0.532. The molecular weight excluding hydrogens is 288 g/mol. The number of carbonyl (C=O) groups excluding carboxylic acids is 4. The molecule has 0 atom stereocenters. The fraction of sp³-hybridized carbons (Fsp3) is 0. The molecule has 1 aromatic carbocycles. The zero-order valence-corrected chi connectivity index (χ0v) is 11.4. The molecule has 0 aliphatic carbocycles. The number of rotatable bonds is 6. The molecule has 22 heavy (non-hydrogen) atoms. The van der Waals surface area contributed by atoms with Crippen LogP contribution in [0.15, 0.2) is 48.6 Å². The molecule has 0 spiro atoms. The minimum absolute atomic E-state index is 0.463. The average molecular weight is 302 g/mol. The van der Waals surface area contributed by atoms with Crippen molar-refractivity contribution < 1.29 is 19.2 Å². The van der Waals surface area contributed by atoms with Crippen molar-refractivity contribution >= 4 is 35.0 Å². The SMILES string of the molecule is NC(=O)C=CC(=O)Nc1ccc(NC(=O)C=CC(N)=O)cc1. The topological polar surface area (TPSA) is 144 Å². The van der Waals surface area contributed by atoms with Gasteiger partial charge in [0.25, 0.3) is 0 Å². The molecule has 0 aliphatic rings. The molecule has 1 rings (SSSR count). The molecule has 114 valence electrons. The Balaban J connectivity index is 2.59. The van der Waals surface area contributed by atoms with Crippen LogP contribution in [0.2, 0.25) is 0 Å². The highest BCUT2D eigenvalue weighted by Crippen LogP contribution is 2.13. The van der Waals surface area contributed by atoms with Crippen LogP contribution in [0.25, 0.3) is 0 Å². The summed E-state index contributed by atoms with van der Waals surface area (Å²) in [5.74, 6) is -2.48. The Hall–Kier alpha value is -3.42. The number of primary amides is 2. The smallest absolute Gasteiger partial charge is 0.248 e. The van der Waals surface area contributed by atoms with Gasteiger partial charge in [0.1, 0.15) is 0 Å². The highest BCUT2D eigenvalue weighted by atomic mass is 16.2. The molecule has 6 N–H and O–H groups in total. The predicted molar refractivity (Wildman–Crippen MR) is 80.4 cm³/mol. The zero-order chi connectivity index (χ0) is 16.5. The molecule has 0 bridgehead atoms. The molecule has 1 aromatic rings. The number of nitrogens with two attached hydrogens (primary N) is 2. The standard InChI is InChI=1S/C14H14N4O4/c15-11(19)5-7-13(21)17-9-1-2-10(4-3-9)18-14(22)8-6-12(16)20/h1-8H,(H2,15,19)(H2,16,20)(H,17,21)(H,18,22). The Morgan fingerprint density at radius 1 is 0.682 bits per heavy atom. The summed E-state index contributed by atoms with van der Waals surface area (Å²) in [5.41, 5.74) is 10.7. The van der Waals surface area contributed by atoms with Crippen LogP contribution in [0.5, 0.6) is 0 Å². The second-order valence-electron chi connectivity index (χ2n) is 4.03. The lowest BCUT2D eigenvalue weighted by molar-refractivity contribution is -0.115. The summed E-state index contributed by atoms with van der Waals surface area (Å²) < 4.78 is 0. The number of carbonyl (C=O) groups is 4. The number of hydrogen-bond acceptors (Lipinski definition) is 4. The Morgan fingerprint density at radius 3 is 1.27 bits per heavy atom. The number of anilines is 2. The number of benzene rings is 1. The highest BCUT2D eigenvalue weighted by molar-refractivity contribution is 6.04. The number of hydrogen-bond donors (Lipinski definition) is 4. The lowest BCUT2D eigenvalue weighted by atomic mass is 10.2. The summed E-state index contributed by atoms with van der Waals surface area (Å²) in [6.45, 7) is 0. The van der Waals surface area contributed by atoms with Crippen LogP contribution in [-0.2, 0) is 19.2 Å². The van der Waals surface area contributed by atoms with Crippen LogP contribution < -0.4 is 22.1 Å². The first-order chi connectivity index (χ1) is 10.4. The van der Waals surface area contributed by atoms with Crippen molar-refractivity contribution in [2.75, 3.05) is 10.6 Å². The maximum Gasteiger partial charge on any atom is 0.248 e. The normalized spacial score (nSPS) is 10.5. The first-order valence-corrected chi connectivity index (χ1v) is 6.04.